The number of aryl methyl sites for hydroxylation is 2. The molecule has 0 amide bonds. The van der Waals surface area contributed by atoms with E-state index in [2.05, 4.69) is 73.6 Å². The number of para-hydroxylation sites is 3. The van der Waals surface area contributed by atoms with Gasteiger partial charge in [-0.15, -0.1) is 54.1 Å². The SMILES string of the molecule is [2H]C([2H])([2H])c1ccc(-c2[c-]cccc2)nc1.[2H]C([2H])([2H])c1ccc2c(c1)oc1c(-c3nc4ccccc4n3-c3c(C(C)C)cccc3C(C)C)[c-]ccc12.[Ir]. The molecule has 8 aromatic rings. The van der Waals surface area contributed by atoms with Crippen LogP contribution in [0.4, 0.5) is 0 Å². The van der Waals surface area contributed by atoms with Crippen molar-refractivity contribution in [1.82, 2.24) is 14.5 Å². The van der Waals surface area contributed by atoms with Gasteiger partial charge < -0.3 is 14.0 Å². The minimum atomic E-state index is -2.20. The Labute approximate surface area is 310 Å². The average molecular weight is 824 g/mol. The fraction of sp³-hybridized carbons (Fsp3) is 0.182. The maximum atomic E-state index is 7.83. The number of pyridine rings is 1. The summed E-state index contributed by atoms with van der Waals surface area (Å²) >= 11 is 0. The standard InChI is InChI=1S/C32H29N2O.C12H10N.Ir/c1-19(2)22-10-8-11-23(20(3)4)30(22)34-28-15-7-6-14-27(28)33-32(34)26-13-9-12-25-24-17-16-21(5)18-29(24)35-31(25)26;1-10-7-8-12(13-9-10)11-5-3-2-4-6-11;/h6-12,14-20H,1-5H3;2-5,7-9H,1H3;/q2*-1;/i5D3;1D3;. The number of hydrogen-bond donors (Lipinski definition) is 0. The molecule has 0 N–H and O–H groups in total. The zero-order valence-electron chi connectivity index (χ0n) is 33.7. The molecule has 5 aromatic carbocycles. The van der Waals surface area contributed by atoms with Gasteiger partial charge in [-0.25, -0.2) is 0 Å². The summed E-state index contributed by atoms with van der Waals surface area (Å²) < 4.78 is 53.8. The minimum Gasteiger partial charge on any atom is -0.501 e. The molecule has 0 spiro atoms. The van der Waals surface area contributed by atoms with Crippen molar-refractivity contribution < 1.29 is 32.7 Å². The molecule has 247 valence electrons. The zero-order chi connectivity index (χ0) is 38.4. The van der Waals surface area contributed by atoms with Crippen molar-refractivity contribution in [3.05, 3.63) is 150 Å². The Hall–Kier alpha value is -4.83. The molecule has 0 saturated carbocycles. The second-order valence-corrected chi connectivity index (χ2v) is 12.5. The van der Waals surface area contributed by atoms with Gasteiger partial charge in [0.1, 0.15) is 5.58 Å². The third-order valence-electron chi connectivity index (χ3n) is 8.53. The van der Waals surface area contributed by atoms with Crippen LogP contribution in [0.15, 0.2) is 120 Å². The number of rotatable bonds is 5. The van der Waals surface area contributed by atoms with Crippen molar-refractivity contribution in [2.45, 2.75) is 53.2 Å². The van der Waals surface area contributed by atoms with Crippen molar-refractivity contribution in [2.24, 2.45) is 0 Å². The molecule has 5 heteroatoms. The molecule has 8 rings (SSSR count). The molecule has 0 aliphatic carbocycles. The Morgan fingerprint density at radius 3 is 2.18 bits per heavy atom. The van der Waals surface area contributed by atoms with Crippen LogP contribution in [0, 0.1) is 25.8 Å². The molecule has 3 heterocycles. The van der Waals surface area contributed by atoms with Crippen molar-refractivity contribution in [2.75, 3.05) is 0 Å². The van der Waals surface area contributed by atoms with Gasteiger partial charge in [-0.3, -0.25) is 4.98 Å². The topological polar surface area (TPSA) is 43.9 Å². The van der Waals surface area contributed by atoms with Crippen LogP contribution in [0.5, 0.6) is 0 Å². The van der Waals surface area contributed by atoms with Crippen LogP contribution in [-0.2, 0) is 20.1 Å². The van der Waals surface area contributed by atoms with Crippen molar-refractivity contribution in [1.29, 1.82) is 0 Å². The molecule has 0 aliphatic rings. The van der Waals surface area contributed by atoms with Crippen molar-refractivity contribution in [3.8, 4) is 28.3 Å². The molecule has 3 aromatic heterocycles. The van der Waals surface area contributed by atoms with Gasteiger partial charge in [-0.2, -0.15) is 0 Å². The normalized spacial score (nSPS) is 13.6. The van der Waals surface area contributed by atoms with Gasteiger partial charge in [-0.1, -0.05) is 93.2 Å². The second kappa shape index (κ2) is 14.3. The Bertz CT molecular complexity index is 2560. The summed E-state index contributed by atoms with van der Waals surface area (Å²) in [7, 11) is 0. The van der Waals surface area contributed by atoms with E-state index < -0.39 is 13.7 Å². The van der Waals surface area contributed by atoms with Gasteiger partial charge in [0.15, 0.2) is 0 Å². The monoisotopic (exact) mass is 824 g/mol. The first kappa shape index (κ1) is 27.0. The van der Waals surface area contributed by atoms with Gasteiger partial charge in [0.25, 0.3) is 0 Å². The minimum absolute atomic E-state index is 0. The Morgan fingerprint density at radius 2 is 1.49 bits per heavy atom. The molecule has 0 saturated heterocycles. The van der Waals surface area contributed by atoms with Crippen molar-refractivity contribution in [3.63, 3.8) is 0 Å². The third kappa shape index (κ3) is 6.62. The van der Waals surface area contributed by atoms with E-state index >= 15 is 0 Å². The van der Waals surface area contributed by atoms with E-state index in [4.69, 9.17) is 17.6 Å². The molecule has 0 aliphatic heterocycles. The summed E-state index contributed by atoms with van der Waals surface area (Å²) in [5, 5.41) is 1.78. The van der Waals surface area contributed by atoms with Crippen LogP contribution in [0.25, 0.3) is 61.3 Å². The van der Waals surface area contributed by atoms with Crippen LogP contribution in [0.1, 0.15) is 70.0 Å². The third-order valence-corrected chi connectivity index (χ3v) is 8.53. The summed E-state index contributed by atoms with van der Waals surface area (Å²) in [6, 6.07) is 40.9. The molecule has 49 heavy (non-hydrogen) atoms. The summed E-state index contributed by atoms with van der Waals surface area (Å²) in [6.07, 6.45) is 1.39. The molecular weight excluding hydrogens is 779 g/mol. The van der Waals surface area contributed by atoms with Crippen LogP contribution >= 0.6 is 0 Å². The number of furan rings is 1. The fourth-order valence-electron chi connectivity index (χ4n) is 6.20. The van der Waals surface area contributed by atoms with E-state index in [1.165, 1.54) is 17.3 Å². The van der Waals surface area contributed by atoms with E-state index in [0.29, 0.717) is 23.0 Å². The number of aromatic nitrogens is 3. The first-order valence-corrected chi connectivity index (χ1v) is 16.1. The molecule has 0 bridgehead atoms. The average Bonchev–Trinajstić information content (AvgIpc) is 3.73. The Balaban J connectivity index is 0.000000254. The number of imidazole rings is 1. The number of benzene rings is 5. The van der Waals surface area contributed by atoms with Gasteiger partial charge >= 0.3 is 0 Å². The van der Waals surface area contributed by atoms with Crippen LogP contribution in [0.3, 0.4) is 0 Å². The van der Waals surface area contributed by atoms with Gasteiger partial charge in [-0.05, 0) is 71.7 Å². The summed E-state index contributed by atoms with van der Waals surface area (Å²) in [6.45, 7) is 4.58. The largest absolute Gasteiger partial charge is 0.501 e. The maximum absolute atomic E-state index is 7.83. The van der Waals surface area contributed by atoms with E-state index in [1.807, 2.05) is 54.6 Å². The molecule has 1 radical (unpaired) electrons. The smallest absolute Gasteiger partial charge is 0.121 e. The predicted octanol–water partition coefficient (Wildman–Crippen LogP) is 11.8. The van der Waals surface area contributed by atoms with Crippen LogP contribution < -0.4 is 0 Å². The number of hydrogen-bond acceptors (Lipinski definition) is 3. The van der Waals surface area contributed by atoms with Gasteiger partial charge in [0.05, 0.1) is 22.4 Å². The maximum Gasteiger partial charge on any atom is 0.121 e. The summed E-state index contributed by atoms with van der Waals surface area (Å²) in [5.41, 5.74) is 9.60. The fourth-order valence-corrected chi connectivity index (χ4v) is 6.20. The summed E-state index contributed by atoms with van der Waals surface area (Å²) in [5.74, 6) is 1.37. The molecular formula is C44H39IrN3O-2. The number of nitrogens with zero attached hydrogens (tertiary/aromatic N) is 3. The van der Waals surface area contributed by atoms with Crippen LogP contribution in [-0.4, -0.2) is 14.5 Å². The number of fused-ring (bicyclic) bond motifs is 4. The quantitative estimate of drug-likeness (QED) is 0.162. The predicted molar refractivity (Wildman–Crippen MR) is 199 cm³/mol. The van der Waals surface area contributed by atoms with E-state index in [9.17, 15) is 0 Å². The van der Waals surface area contributed by atoms with E-state index in [0.717, 1.165) is 50.1 Å². The Kier molecular flexibility index (Phi) is 7.91. The van der Waals surface area contributed by atoms with Gasteiger partial charge in [0, 0.05) is 45.6 Å². The molecule has 4 nitrogen and oxygen atoms in total. The first-order chi connectivity index (χ1) is 25.7. The van der Waals surface area contributed by atoms with Gasteiger partial charge in [0.2, 0.25) is 0 Å². The van der Waals surface area contributed by atoms with E-state index in [-0.39, 0.29) is 31.2 Å². The zero-order valence-corrected chi connectivity index (χ0v) is 30.1. The molecule has 0 unspecified atom stereocenters. The molecule has 0 atom stereocenters. The van der Waals surface area contributed by atoms with E-state index in [1.54, 1.807) is 30.3 Å². The molecule has 0 fully saturated rings. The summed E-state index contributed by atoms with van der Waals surface area (Å²) in [4.78, 5) is 9.24. The van der Waals surface area contributed by atoms with Crippen molar-refractivity contribution >= 4 is 33.0 Å². The Morgan fingerprint density at radius 1 is 0.735 bits per heavy atom. The first-order valence-electron chi connectivity index (χ1n) is 19.1. The second-order valence-electron chi connectivity index (χ2n) is 12.5. The van der Waals surface area contributed by atoms with Crippen LogP contribution in [0.2, 0.25) is 0 Å².